The van der Waals surface area contributed by atoms with Crippen LogP contribution in [0.15, 0.2) is 6.20 Å². The highest BCUT2D eigenvalue weighted by atomic mass is 32.2. The van der Waals surface area contributed by atoms with Gasteiger partial charge in [-0.15, -0.1) is 0 Å². The van der Waals surface area contributed by atoms with E-state index < -0.39 is 39.9 Å². The molecule has 27 heavy (non-hydrogen) atoms. The van der Waals surface area contributed by atoms with Crippen molar-refractivity contribution < 1.29 is 31.5 Å². The van der Waals surface area contributed by atoms with Crippen molar-refractivity contribution in [1.82, 2.24) is 20.0 Å². The first-order valence-corrected chi connectivity index (χ1v) is 10.1. The van der Waals surface area contributed by atoms with E-state index in [0.717, 1.165) is 10.9 Å². The van der Waals surface area contributed by atoms with Gasteiger partial charge in [-0.2, -0.15) is 5.10 Å². The van der Waals surface area contributed by atoms with E-state index in [9.17, 15) is 26.8 Å². The Morgan fingerprint density at radius 1 is 1.48 bits per heavy atom. The Hall–Kier alpha value is -2.08. The van der Waals surface area contributed by atoms with E-state index in [-0.39, 0.29) is 36.9 Å². The Labute approximate surface area is 155 Å². The molecule has 12 heteroatoms. The van der Waals surface area contributed by atoms with Crippen LogP contribution in [0.3, 0.4) is 0 Å². The molecule has 1 aliphatic rings. The molecule has 2 heterocycles. The predicted molar refractivity (Wildman–Crippen MR) is 91.0 cm³/mol. The fraction of sp³-hybridized carbons (Fsp3) is 0.667. The molecule has 2 rings (SSSR count). The van der Waals surface area contributed by atoms with Crippen LogP contribution in [0.2, 0.25) is 0 Å². The van der Waals surface area contributed by atoms with Crippen molar-refractivity contribution in [2.45, 2.75) is 32.5 Å². The van der Waals surface area contributed by atoms with Crippen LogP contribution in [0, 0.1) is 0 Å². The van der Waals surface area contributed by atoms with Gasteiger partial charge in [0.1, 0.15) is 11.3 Å². The molecule has 0 radical (unpaired) electrons. The SMILES string of the molecule is CCOC(=O)c1cnn(CN(C)CC(=O)NC2CCS(=O)(=O)C2)c1C(F)F. The van der Waals surface area contributed by atoms with Crippen LogP contribution in [0.4, 0.5) is 8.78 Å². The van der Waals surface area contributed by atoms with Crippen molar-refractivity contribution in [1.29, 1.82) is 0 Å². The van der Waals surface area contributed by atoms with E-state index in [1.807, 2.05) is 0 Å². The highest BCUT2D eigenvalue weighted by molar-refractivity contribution is 7.91. The summed E-state index contributed by atoms with van der Waals surface area (Å²) in [4.78, 5) is 25.2. The van der Waals surface area contributed by atoms with Gasteiger partial charge in [0.2, 0.25) is 5.91 Å². The van der Waals surface area contributed by atoms with Gasteiger partial charge < -0.3 is 10.1 Å². The van der Waals surface area contributed by atoms with Crippen molar-refractivity contribution >= 4 is 21.7 Å². The van der Waals surface area contributed by atoms with Crippen molar-refractivity contribution in [3.05, 3.63) is 17.5 Å². The van der Waals surface area contributed by atoms with E-state index in [1.165, 1.54) is 11.9 Å². The normalized spacial score (nSPS) is 18.8. The van der Waals surface area contributed by atoms with Gasteiger partial charge in [0.05, 0.1) is 37.5 Å². The molecule has 1 aromatic rings. The first kappa shape index (κ1) is 21.2. The number of nitrogens with zero attached hydrogens (tertiary/aromatic N) is 3. The van der Waals surface area contributed by atoms with Crippen molar-refractivity contribution in [2.24, 2.45) is 0 Å². The zero-order chi connectivity index (χ0) is 20.2. The highest BCUT2D eigenvalue weighted by Crippen LogP contribution is 2.23. The molecule has 1 unspecified atom stereocenters. The third kappa shape index (κ3) is 5.70. The number of amides is 1. The summed E-state index contributed by atoms with van der Waals surface area (Å²) in [6.45, 7) is 1.30. The lowest BCUT2D eigenvalue weighted by Crippen LogP contribution is -2.42. The van der Waals surface area contributed by atoms with Crippen molar-refractivity contribution in [3.63, 3.8) is 0 Å². The number of likely N-dealkylation sites (N-methyl/N-ethyl adjacent to an activating group) is 1. The topological polar surface area (TPSA) is 111 Å². The number of carbonyl (C=O) groups is 2. The fourth-order valence-corrected chi connectivity index (χ4v) is 4.48. The summed E-state index contributed by atoms with van der Waals surface area (Å²) in [5.41, 5.74) is -0.900. The average molecular weight is 408 g/mol. The molecular formula is C15H22F2N4O5S. The Morgan fingerprint density at radius 2 is 2.19 bits per heavy atom. The number of rotatable bonds is 8. The lowest BCUT2D eigenvalue weighted by molar-refractivity contribution is -0.122. The summed E-state index contributed by atoms with van der Waals surface area (Å²) in [7, 11) is -1.59. The van der Waals surface area contributed by atoms with Crippen LogP contribution in [0.25, 0.3) is 0 Å². The molecule has 1 amide bonds. The average Bonchev–Trinajstić information content (AvgIpc) is 3.10. The minimum absolute atomic E-state index is 0.0372. The molecule has 152 valence electrons. The first-order valence-electron chi connectivity index (χ1n) is 8.32. The van der Waals surface area contributed by atoms with Crippen molar-refractivity contribution in [3.8, 4) is 0 Å². The van der Waals surface area contributed by atoms with E-state index in [4.69, 9.17) is 4.74 Å². The second-order valence-electron chi connectivity index (χ2n) is 6.29. The first-order chi connectivity index (χ1) is 12.6. The minimum Gasteiger partial charge on any atom is -0.462 e. The Balaban J connectivity index is 1.98. The third-order valence-corrected chi connectivity index (χ3v) is 5.74. The smallest absolute Gasteiger partial charge is 0.341 e. The summed E-state index contributed by atoms with van der Waals surface area (Å²) >= 11 is 0. The van der Waals surface area contributed by atoms with Crippen LogP contribution in [-0.4, -0.2) is 72.7 Å². The number of hydrogen-bond acceptors (Lipinski definition) is 7. The maximum Gasteiger partial charge on any atom is 0.341 e. The monoisotopic (exact) mass is 408 g/mol. The zero-order valence-corrected chi connectivity index (χ0v) is 15.8. The third-order valence-electron chi connectivity index (χ3n) is 3.97. The molecule has 1 aliphatic heterocycles. The Kier molecular flexibility index (Phi) is 6.87. The van der Waals surface area contributed by atoms with Crippen LogP contribution in [0.5, 0.6) is 0 Å². The Morgan fingerprint density at radius 3 is 2.74 bits per heavy atom. The number of nitrogens with one attached hydrogen (secondary N) is 1. The van der Waals surface area contributed by atoms with E-state index >= 15 is 0 Å². The summed E-state index contributed by atoms with van der Waals surface area (Å²) in [6.07, 6.45) is -1.58. The maximum absolute atomic E-state index is 13.4. The number of ether oxygens (including phenoxy) is 1. The maximum atomic E-state index is 13.4. The van der Waals surface area contributed by atoms with E-state index in [0.29, 0.717) is 6.42 Å². The largest absolute Gasteiger partial charge is 0.462 e. The summed E-state index contributed by atoms with van der Waals surface area (Å²) < 4.78 is 55.2. The molecule has 0 bridgehead atoms. The van der Waals surface area contributed by atoms with Crippen LogP contribution < -0.4 is 5.32 Å². The van der Waals surface area contributed by atoms with Crippen LogP contribution in [0.1, 0.15) is 35.8 Å². The molecule has 1 fully saturated rings. The second kappa shape index (κ2) is 8.74. The highest BCUT2D eigenvalue weighted by Gasteiger charge is 2.29. The number of alkyl halides is 2. The standard InChI is InChI=1S/C15H22F2N4O5S/c1-3-26-15(23)11-6-18-21(13(11)14(16)17)9-20(2)7-12(22)19-10-4-5-27(24,25)8-10/h6,10,14H,3-5,7-9H2,1-2H3,(H,19,22). The molecule has 0 aliphatic carbocycles. The lowest BCUT2D eigenvalue weighted by atomic mass is 10.2. The molecule has 0 saturated carbocycles. The van der Waals surface area contributed by atoms with Gasteiger partial charge in [-0.25, -0.2) is 26.7 Å². The molecule has 9 nitrogen and oxygen atoms in total. The van der Waals surface area contributed by atoms with Crippen LogP contribution in [-0.2, 0) is 26.0 Å². The molecule has 1 atom stereocenters. The van der Waals surface area contributed by atoms with Gasteiger partial charge in [0.15, 0.2) is 9.84 Å². The van der Waals surface area contributed by atoms with Gasteiger partial charge >= 0.3 is 5.97 Å². The van der Waals surface area contributed by atoms with Crippen molar-refractivity contribution in [2.75, 3.05) is 31.7 Å². The molecule has 0 spiro atoms. The molecule has 1 saturated heterocycles. The molecule has 1 aromatic heterocycles. The fourth-order valence-electron chi connectivity index (χ4n) is 2.81. The summed E-state index contributed by atoms with van der Waals surface area (Å²) in [6, 6.07) is -0.437. The van der Waals surface area contributed by atoms with Gasteiger partial charge in [0.25, 0.3) is 6.43 Å². The predicted octanol–water partition coefficient (Wildman–Crippen LogP) is 0.190. The molecule has 0 aromatic carbocycles. The lowest BCUT2D eigenvalue weighted by Gasteiger charge is -2.19. The van der Waals surface area contributed by atoms with Crippen LogP contribution >= 0.6 is 0 Å². The minimum atomic E-state index is -3.11. The molecule has 1 N–H and O–H groups in total. The Bertz CT molecular complexity index is 796. The number of hydrogen-bond donors (Lipinski definition) is 1. The number of halogens is 2. The number of sulfone groups is 1. The number of aromatic nitrogens is 2. The number of esters is 1. The second-order valence-corrected chi connectivity index (χ2v) is 8.52. The molecular weight excluding hydrogens is 386 g/mol. The van der Waals surface area contributed by atoms with Gasteiger partial charge in [-0.3, -0.25) is 9.69 Å². The zero-order valence-electron chi connectivity index (χ0n) is 15.0. The van der Waals surface area contributed by atoms with E-state index in [1.54, 1.807) is 6.92 Å². The van der Waals surface area contributed by atoms with E-state index in [2.05, 4.69) is 10.4 Å². The summed E-state index contributed by atoms with van der Waals surface area (Å²) in [5, 5.41) is 6.41. The van der Waals surface area contributed by atoms with Gasteiger partial charge in [-0.1, -0.05) is 0 Å². The van der Waals surface area contributed by atoms with Gasteiger partial charge in [-0.05, 0) is 20.4 Å². The number of carbonyl (C=O) groups excluding carboxylic acids is 2. The summed E-state index contributed by atoms with van der Waals surface area (Å²) in [5.74, 6) is -1.37. The van der Waals surface area contributed by atoms with Gasteiger partial charge in [0, 0.05) is 6.04 Å². The quantitative estimate of drug-likeness (QED) is 0.612.